The lowest BCUT2D eigenvalue weighted by Crippen LogP contribution is -2.30. The van der Waals surface area contributed by atoms with Crippen LogP contribution in [0.1, 0.15) is 17.4 Å². The van der Waals surface area contributed by atoms with E-state index >= 15 is 0 Å². The highest BCUT2D eigenvalue weighted by Crippen LogP contribution is 2.40. The number of halogens is 3. The predicted molar refractivity (Wildman–Crippen MR) is 110 cm³/mol. The molecule has 0 unspecified atom stereocenters. The summed E-state index contributed by atoms with van der Waals surface area (Å²) in [5.74, 6) is 0.120. The number of ether oxygens (including phenoxy) is 1. The molecule has 11 heteroatoms. The molecule has 1 aliphatic rings. The van der Waals surface area contributed by atoms with E-state index in [2.05, 4.69) is 10.2 Å². The fourth-order valence-corrected chi connectivity index (χ4v) is 4.10. The first-order valence-electron chi connectivity index (χ1n) is 9.55. The van der Waals surface area contributed by atoms with Crippen molar-refractivity contribution in [3.8, 4) is 16.9 Å². The molecule has 3 aromatic rings. The van der Waals surface area contributed by atoms with Crippen molar-refractivity contribution >= 4 is 15.7 Å². The van der Waals surface area contributed by atoms with Gasteiger partial charge in [0.25, 0.3) is 0 Å². The highest BCUT2D eigenvalue weighted by Gasteiger charge is 2.46. The van der Waals surface area contributed by atoms with Crippen LogP contribution in [0.25, 0.3) is 11.1 Å². The molecule has 2 aromatic carbocycles. The van der Waals surface area contributed by atoms with Gasteiger partial charge in [0.05, 0.1) is 24.1 Å². The number of alkyl halides is 3. The number of aliphatic hydroxyl groups excluding tert-OH is 1. The molecule has 0 fully saturated rings. The lowest BCUT2D eigenvalue weighted by atomic mass is 9.88. The van der Waals surface area contributed by atoms with Crippen LogP contribution >= 0.6 is 0 Å². The van der Waals surface area contributed by atoms with Crippen molar-refractivity contribution < 1.29 is 31.4 Å². The molecule has 0 amide bonds. The summed E-state index contributed by atoms with van der Waals surface area (Å²) in [4.78, 5) is 0. The Balaban J connectivity index is 1.61. The molecule has 0 spiro atoms. The van der Waals surface area contributed by atoms with Crippen LogP contribution in [-0.4, -0.2) is 35.8 Å². The standard InChI is InChI=1S/C21H18F3N3O4S/c22-21(23,24)32(29,30)27-18-6-2-1-5-16(18)13-7-8-17-19(11-13)31-12-14(20(17)28)10-15-4-3-9-25-26-15/h1-9,11,14,20,27-28H,10,12H2/t14-,20+/m0/s1. The highest BCUT2D eigenvalue weighted by atomic mass is 32.2. The van der Waals surface area contributed by atoms with E-state index < -0.39 is 21.6 Å². The van der Waals surface area contributed by atoms with E-state index in [0.29, 0.717) is 29.0 Å². The van der Waals surface area contributed by atoms with Crippen LogP contribution in [0.5, 0.6) is 5.75 Å². The molecule has 2 atom stereocenters. The summed E-state index contributed by atoms with van der Waals surface area (Å²) in [7, 11) is -5.58. The Hall–Kier alpha value is -3.18. The average Bonchev–Trinajstić information content (AvgIpc) is 2.75. The molecule has 2 N–H and O–H groups in total. The van der Waals surface area contributed by atoms with Gasteiger partial charge in [-0.3, -0.25) is 4.72 Å². The first-order chi connectivity index (χ1) is 15.2. The van der Waals surface area contributed by atoms with Crippen molar-refractivity contribution in [2.24, 2.45) is 5.92 Å². The van der Waals surface area contributed by atoms with E-state index in [1.54, 1.807) is 47.3 Å². The van der Waals surface area contributed by atoms with Gasteiger partial charge in [-0.25, -0.2) is 0 Å². The van der Waals surface area contributed by atoms with Crippen molar-refractivity contribution in [3.63, 3.8) is 0 Å². The summed E-state index contributed by atoms with van der Waals surface area (Å²) in [5, 5.41) is 18.6. The zero-order valence-electron chi connectivity index (χ0n) is 16.5. The molecular weight excluding hydrogens is 447 g/mol. The molecule has 0 saturated heterocycles. The molecule has 1 aliphatic heterocycles. The van der Waals surface area contributed by atoms with Crippen molar-refractivity contribution in [3.05, 3.63) is 72.1 Å². The molecule has 32 heavy (non-hydrogen) atoms. The van der Waals surface area contributed by atoms with Crippen molar-refractivity contribution in [1.29, 1.82) is 0 Å². The summed E-state index contributed by atoms with van der Waals surface area (Å²) >= 11 is 0. The number of nitrogens with zero attached hydrogens (tertiary/aromatic N) is 2. The third-order valence-corrected chi connectivity index (χ3v) is 6.22. The summed E-state index contributed by atoms with van der Waals surface area (Å²) < 4.78 is 69.0. The van der Waals surface area contributed by atoms with Gasteiger partial charge in [-0.05, 0) is 29.8 Å². The van der Waals surface area contributed by atoms with Gasteiger partial charge in [0.2, 0.25) is 0 Å². The minimum atomic E-state index is -5.58. The average molecular weight is 465 g/mol. The number of hydrogen-bond acceptors (Lipinski definition) is 6. The van der Waals surface area contributed by atoms with Crippen LogP contribution in [0.15, 0.2) is 60.8 Å². The van der Waals surface area contributed by atoms with E-state index in [1.165, 1.54) is 18.2 Å². The molecule has 0 radical (unpaired) electrons. The number of hydrogen-bond donors (Lipinski definition) is 2. The number of sulfonamides is 1. The lowest BCUT2D eigenvalue weighted by Gasteiger charge is -2.30. The fourth-order valence-electron chi connectivity index (χ4n) is 3.52. The maximum absolute atomic E-state index is 12.8. The third-order valence-electron chi connectivity index (χ3n) is 5.12. The molecule has 1 aromatic heterocycles. The number of rotatable bonds is 5. The van der Waals surface area contributed by atoms with Gasteiger partial charge in [-0.2, -0.15) is 31.8 Å². The first-order valence-corrected chi connectivity index (χ1v) is 11.0. The molecule has 4 rings (SSSR count). The lowest BCUT2D eigenvalue weighted by molar-refractivity contribution is -0.0429. The molecule has 0 saturated carbocycles. The van der Waals surface area contributed by atoms with Crippen molar-refractivity contribution in [2.75, 3.05) is 11.3 Å². The second-order valence-corrected chi connectivity index (χ2v) is 8.96. The number of anilines is 1. The Morgan fingerprint density at radius 2 is 1.91 bits per heavy atom. The van der Waals surface area contributed by atoms with Gasteiger partial charge in [-0.1, -0.05) is 30.3 Å². The number of para-hydroxylation sites is 1. The van der Waals surface area contributed by atoms with Gasteiger partial charge in [0.1, 0.15) is 5.75 Å². The SMILES string of the molecule is O=S(=O)(Nc1ccccc1-c1ccc2c(c1)OC[C@H](Cc1cccnn1)[C@H]2O)C(F)(F)F. The Morgan fingerprint density at radius 3 is 2.62 bits per heavy atom. The van der Waals surface area contributed by atoms with Gasteiger partial charge >= 0.3 is 15.5 Å². The summed E-state index contributed by atoms with van der Waals surface area (Å²) in [5.41, 5.74) is -3.75. The van der Waals surface area contributed by atoms with E-state index in [4.69, 9.17) is 4.74 Å². The topological polar surface area (TPSA) is 101 Å². The van der Waals surface area contributed by atoms with Crippen LogP contribution in [0.3, 0.4) is 0 Å². The number of fused-ring (bicyclic) bond motifs is 1. The number of nitrogens with one attached hydrogen (secondary N) is 1. The minimum absolute atomic E-state index is 0.205. The second kappa shape index (κ2) is 8.40. The summed E-state index contributed by atoms with van der Waals surface area (Å²) in [6, 6.07) is 14.1. The van der Waals surface area contributed by atoms with Gasteiger partial charge in [0, 0.05) is 29.7 Å². The van der Waals surface area contributed by atoms with Crippen molar-refractivity contribution in [2.45, 2.75) is 18.0 Å². The Bertz CT molecular complexity index is 1220. The fraction of sp³-hybridized carbons (Fsp3) is 0.238. The second-order valence-electron chi connectivity index (χ2n) is 7.28. The van der Waals surface area contributed by atoms with E-state index in [9.17, 15) is 26.7 Å². The number of aromatic nitrogens is 2. The Labute approximate surface area is 181 Å². The van der Waals surface area contributed by atoms with Crippen LogP contribution in [0.4, 0.5) is 18.9 Å². The first kappa shape index (κ1) is 22.0. The van der Waals surface area contributed by atoms with Crippen LogP contribution in [-0.2, 0) is 16.4 Å². The minimum Gasteiger partial charge on any atom is -0.493 e. The zero-order chi connectivity index (χ0) is 22.9. The quantitative estimate of drug-likeness (QED) is 0.596. The molecule has 2 heterocycles. The molecule has 0 aliphatic carbocycles. The van der Waals surface area contributed by atoms with Crippen LogP contribution < -0.4 is 9.46 Å². The summed E-state index contributed by atoms with van der Waals surface area (Å²) in [6.07, 6.45) is 1.17. The molecule has 168 valence electrons. The molecule has 0 bridgehead atoms. The highest BCUT2D eigenvalue weighted by molar-refractivity contribution is 7.93. The molecular formula is C21H18F3N3O4S. The smallest absolute Gasteiger partial charge is 0.493 e. The monoisotopic (exact) mass is 465 g/mol. The van der Waals surface area contributed by atoms with Gasteiger partial charge in [-0.15, -0.1) is 0 Å². The maximum Gasteiger partial charge on any atom is 0.516 e. The van der Waals surface area contributed by atoms with E-state index in [0.717, 1.165) is 0 Å². The van der Waals surface area contributed by atoms with E-state index in [1.807, 2.05) is 0 Å². The largest absolute Gasteiger partial charge is 0.516 e. The van der Waals surface area contributed by atoms with E-state index in [-0.39, 0.29) is 23.8 Å². The van der Waals surface area contributed by atoms with Crippen LogP contribution in [0, 0.1) is 5.92 Å². The Morgan fingerprint density at radius 1 is 1.12 bits per heavy atom. The zero-order valence-corrected chi connectivity index (χ0v) is 17.3. The normalized spacial score (nSPS) is 18.5. The van der Waals surface area contributed by atoms with Gasteiger partial charge < -0.3 is 9.84 Å². The Kier molecular flexibility index (Phi) is 5.78. The molecule has 7 nitrogen and oxygen atoms in total. The number of aliphatic hydroxyl groups is 1. The van der Waals surface area contributed by atoms with Crippen molar-refractivity contribution in [1.82, 2.24) is 10.2 Å². The predicted octanol–water partition coefficient (Wildman–Crippen LogP) is 3.69. The third kappa shape index (κ3) is 4.39. The van der Waals surface area contributed by atoms with Crippen LogP contribution in [0.2, 0.25) is 0 Å². The van der Waals surface area contributed by atoms with Gasteiger partial charge in [0.15, 0.2) is 0 Å². The maximum atomic E-state index is 12.8. The number of benzene rings is 2. The summed E-state index contributed by atoms with van der Waals surface area (Å²) in [6.45, 7) is 0.205.